The summed E-state index contributed by atoms with van der Waals surface area (Å²) in [6, 6.07) is 3.62. The summed E-state index contributed by atoms with van der Waals surface area (Å²) < 4.78 is 53.4. The molecule has 1 rings (SSSR count). The number of rotatable bonds is 6. The molecular weight excluding hydrogens is 287 g/mol. The Kier molecular flexibility index (Phi) is 8.66. The molecule has 1 aromatic rings. The normalized spacial score (nSPS) is 12.5. The molecule has 102 valence electrons. The predicted molar refractivity (Wildman–Crippen MR) is 63.7 cm³/mol. The van der Waals surface area contributed by atoms with Crippen LogP contribution in [0.1, 0.15) is 6.92 Å². The van der Waals surface area contributed by atoms with Gasteiger partial charge in [0.15, 0.2) is 0 Å². The third-order valence-electron chi connectivity index (χ3n) is 2.45. The summed E-state index contributed by atoms with van der Waals surface area (Å²) in [5.41, 5.74) is -0.794. The molecule has 0 saturated carbocycles. The average molecular weight is 302 g/mol. The third-order valence-corrected chi connectivity index (χ3v) is 2.45. The van der Waals surface area contributed by atoms with Crippen molar-refractivity contribution in [3.8, 4) is 11.5 Å². The Bertz CT molecular complexity index is 401. The van der Waals surface area contributed by atoms with E-state index in [1.807, 2.05) is 0 Å². The minimum absolute atomic E-state index is 0. The first-order chi connectivity index (χ1) is 8.38. The fourth-order valence-corrected chi connectivity index (χ4v) is 1.32. The van der Waals surface area contributed by atoms with Gasteiger partial charge in [0, 0.05) is 7.11 Å². The SMILES string of the molecule is COc1ccc(OCC(C)OC)c([B-](F)(F)F)c1.[K+]. The van der Waals surface area contributed by atoms with E-state index in [0.717, 1.165) is 6.07 Å². The van der Waals surface area contributed by atoms with Gasteiger partial charge in [0.05, 0.1) is 19.0 Å². The van der Waals surface area contributed by atoms with Crippen LogP contribution in [0.25, 0.3) is 0 Å². The minimum atomic E-state index is -5.15. The van der Waals surface area contributed by atoms with E-state index in [1.54, 1.807) is 6.92 Å². The van der Waals surface area contributed by atoms with Gasteiger partial charge >= 0.3 is 58.4 Å². The molecular formula is C11H15BF3KO3. The summed E-state index contributed by atoms with van der Waals surface area (Å²) in [4.78, 5) is 0. The van der Waals surface area contributed by atoms with E-state index in [2.05, 4.69) is 0 Å². The molecule has 0 aliphatic rings. The van der Waals surface area contributed by atoms with Gasteiger partial charge in [0.1, 0.15) is 12.4 Å². The van der Waals surface area contributed by atoms with E-state index in [-0.39, 0.29) is 75.6 Å². The minimum Gasteiger partial charge on any atom is -0.497 e. The van der Waals surface area contributed by atoms with Crippen molar-refractivity contribution < 1.29 is 78.5 Å². The Balaban J connectivity index is 0.00000324. The van der Waals surface area contributed by atoms with Crippen molar-refractivity contribution in [1.29, 1.82) is 0 Å². The van der Waals surface area contributed by atoms with Crippen LogP contribution in [0.15, 0.2) is 18.2 Å². The Hall–Kier alpha value is 0.271. The van der Waals surface area contributed by atoms with E-state index in [1.165, 1.54) is 26.4 Å². The second-order valence-electron chi connectivity index (χ2n) is 3.84. The molecule has 1 aromatic carbocycles. The molecule has 8 heteroatoms. The molecule has 0 amide bonds. The van der Waals surface area contributed by atoms with Crippen molar-refractivity contribution >= 4 is 12.4 Å². The maximum atomic E-state index is 12.9. The van der Waals surface area contributed by atoms with Crippen LogP contribution in [-0.2, 0) is 4.74 Å². The molecule has 0 aliphatic carbocycles. The van der Waals surface area contributed by atoms with Gasteiger partial charge in [0.2, 0.25) is 0 Å². The Morgan fingerprint density at radius 2 is 1.84 bits per heavy atom. The van der Waals surface area contributed by atoms with Crippen molar-refractivity contribution in [3.05, 3.63) is 18.2 Å². The molecule has 0 fully saturated rings. The van der Waals surface area contributed by atoms with Gasteiger partial charge in [-0.15, -0.1) is 0 Å². The molecule has 0 N–H and O–H groups in total. The first-order valence-corrected chi connectivity index (χ1v) is 5.42. The molecule has 0 saturated heterocycles. The molecule has 0 heterocycles. The number of benzene rings is 1. The van der Waals surface area contributed by atoms with E-state index in [4.69, 9.17) is 14.2 Å². The first-order valence-electron chi connectivity index (χ1n) is 5.42. The predicted octanol–water partition coefficient (Wildman–Crippen LogP) is -0.833. The van der Waals surface area contributed by atoms with E-state index >= 15 is 0 Å². The average Bonchev–Trinajstić information content (AvgIpc) is 2.34. The van der Waals surface area contributed by atoms with Crippen molar-refractivity contribution in [1.82, 2.24) is 0 Å². The molecule has 0 spiro atoms. The summed E-state index contributed by atoms with van der Waals surface area (Å²) in [7, 11) is 2.78. The maximum absolute atomic E-state index is 12.9. The van der Waals surface area contributed by atoms with Gasteiger partial charge in [-0.2, -0.15) is 0 Å². The quantitative estimate of drug-likeness (QED) is 0.642. The van der Waals surface area contributed by atoms with Crippen LogP contribution in [0.2, 0.25) is 0 Å². The molecule has 0 aliphatic heterocycles. The molecule has 1 unspecified atom stereocenters. The van der Waals surface area contributed by atoms with Gasteiger partial charge in [-0.3, -0.25) is 0 Å². The summed E-state index contributed by atoms with van der Waals surface area (Å²) in [5, 5.41) is 0. The van der Waals surface area contributed by atoms with Gasteiger partial charge in [-0.1, -0.05) is 5.46 Å². The number of ether oxygens (including phenoxy) is 3. The molecule has 0 bridgehead atoms. The molecule has 1 atom stereocenters. The van der Waals surface area contributed by atoms with Crippen molar-refractivity contribution in [2.24, 2.45) is 0 Å². The Morgan fingerprint density at radius 1 is 1.21 bits per heavy atom. The van der Waals surface area contributed by atoms with Crippen molar-refractivity contribution in [2.45, 2.75) is 13.0 Å². The van der Waals surface area contributed by atoms with Crippen LogP contribution < -0.4 is 66.3 Å². The fraction of sp³-hybridized carbons (Fsp3) is 0.455. The van der Waals surface area contributed by atoms with E-state index in [0.29, 0.717) is 0 Å². The fourth-order valence-electron chi connectivity index (χ4n) is 1.32. The molecule has 0 radical (unpaired) electrons. The van der Waals surface area contributed by atoms with Crippen LogP contribution in [0.4, 0.5) is 12.9 Å². The van der Waals surface area contributed by atoms with Crippen LogP contribution in [0.5, 0.6) is 11.5 Å². The standard InChI is InChI=1S/C11H15BF3O3.K/c1-8(16-2)7-18-11-5-4-9(17-3)6-10(11)12(13,14)15;/h4-6,8H,7H2,1-3H3;/q-1;+1. The summed E-state index contributed by atoms with van der Waals surface area (Å²) in [6.07, 6.45) is -0.277. The van der Waals surface area contributed by atoms with Crippen LogP contribution in [0.3, 0.4) is 0 Å². The molecule has 19 heavy (non-hydrogen) atoms. The van der Waals surface area contributed by atoms with Gasteiger partial charge in [-0.05, 0) is 25.1 Å². The van der Waals surface area contributed by atoms with Crippen LogP contribution >= 0.6 is 0 Å². The van der Waals surface area contributed by atoms with Gasteiger partial charge in [0.25, 0.3) is 0 Å². The zero-order valence-corrected chi connectivity index (χ0v) is 14.6. The van der Waals surface area contributed by atoms with Gasteiger partial charge < -0.3 is 27.2 Å². The van der Waals surface area contributed by atoms with Crippen molar-refractivity contribution in [2.75, 3.05) is 20.8 Å². The van der Waals surface area contributed by atoms with Crippen molar-refractivity contribution in [3.63, 3.8) is 0 Å². The van der Waals surface area contributed by atoms with Crippen LogP contribution in [0, 0.1) is 0 Å². The monoisotopic (exact) mass is 302 g/mol. The van der Waals surface area contributed by atoms with Gasteiger partial charge in [-0.25, -0.2) is 0 Å². The van der Waals surface area contributed by atoms with Crippen LogP contribution in [-0.4, -0.2) is 33.9 Å². The Morgan fingerprint density at radius 3 is 2.32 bits per heavy atom. The van der Waals surface area contributed by atoms with E-state index in [9.17, 15) is 12.9 Å². The number of hydrogen-bond donors (Lipinski definition) is 0. The zero-order chi connectivity index (χ0) is 13.8. The zero-order valence-electron chi connectivity index (χ0n) is 11.5. The summed E-state index contributed by atoms with van der Waals surface area (Å²) >= 11 is 0. The third kappa shape index (κ3) is 6.05. The number of hydrogen-bond acceptors (Lipinski definition) is 3. The maximum Gasteiger partial charge on any atom is 1.00 e. The second kappa shape index (κ2) is 8.53. The number of halogens is 3. The Labute approximate surface area is 153 Å². The number of methoxy groups -OCH3 is 2. The molecule has 0 aromatic heterocycles. The summed E-state index contributed by atoms with van der Waals surface area (Å²) in [5.74, 6) is -0.0523. The van der Waals surface area contributed by atoms with E-state index < -0.39 is 12.4 Å². The largest absolute Gasteiger partial charge is 1.00 e. The second-order valence-corrected chi connectivity index (χ2v) is 3.84. The topological polar surface area (TPSA) is 27.7 Å². The first kappa shape index (κ1) is 19.3. The molecule has 3 nitrogen and oxygen atoms in total. The smallest absolute Gasteiger partial charge is 0.497 e. The summed E-state index contributed by atoms with van der Waals surface area (Å²) in [6.45, 7) is -3.38.